The smallest absolute Gasteiger partial charge is 0.308 e. The van der Waals surface area contributed by atoms with Gasteiger partial charge in [-0.3, -0.25) is 18.9 Å². The topological polar surface area (TPSA) is 97.7 Å². The van der Waals surface area contributed by atoms with Crippen LogP contribution in [0.4, 0.5) is 5.69 Å². The molecule has 0 saturated carbocycles. The summed E-state index contributed by atoms with van der Waals surface area (Å²) >= 11 is 1.08. The molecular formula is C24H29N3O5S2. The van der Waals surface area contributed by atoms with Crippen molar-refractivity contribution < 1.29 is 17.9 Å². The zero-order valence-corrected chi connectivity index (χ0v) is 21.3. The number of piperidine rings is 1. The molecule has 2 heterocycles. The molecule has 10 heteroatoms. The summed E-state index contributed by atoms with van der Waals surface area (Å²) in [5.74, 6) is 0.668. The predicted molar refractivity (Wildman–Crippen MR) is 135 cm³/mol. The number of aromatic nitrogens is 1. The van der Waals surface area contributed by atoms with Gasteiger partial charge in [0, 0.05) is 19.1 Å². The number of carbonyl (C=O) groups excluding carboxylic acids is 1. The molecule has 0 radical (unpaired) electrons. The van der Waals surface area contributed by atoms with Gasteiger partial charge in [-0.25, -0.2) is 8.42 Å². The fourth-order valence-corrected chi connectivity index (χ4v) is 6.33. The first kappa shape index (κ1) is 24.3. The molecular weight excluding hydrogens is 474 g/mol. The SMILES string of the molecule is COc1ccc(S(=O)(=O)Nc2ccc3c(c2)sc(=O)n3C(C)C)cc1C(=O)N1CCC(C)CC1. The Bertz CT molecular complexity index is 1380. The number of nitrogens with zero attached hydrogens (tertiary/aromatic N) is 2. The number of thiazole rings is 1. The highest BCUT2D eigenvalue weighted by Gasteiger charge is 2.26. The van der Waals surface area contributed by atoms with Gasteiger partial charge in [0.2, 0.25) is 0 Å². The number of anilines is 1. The second kappa shape index (κ2) is 9.42. The number of nitrogens with one attached hydrogen (secondary N) is 1. The molecule has 0 unspecified atom stereocenters. The first-order chi connectivity index (χ1) is 16.1. The Morgan fingerprint density at radius 1 is 1.15 bits per heavy atom. The van der Waals surface area contributed by atoms with Gasteiger partial charge in [-0.2, -0.15) is 0 Å². The molecule has 8 nitrogen and oxygen atoms in total. The van der Waals surface area contributed by atoms with Crippen LogP contribution in [-0.4, -0.2) is 44.0 Å². The molecule has 1 aliphatic heterocycles. The average molecular weight is 504 g/mol. The second-order valence-corrected chi connectivity index (χ2v) is 11.6. The van der Waals surface area contributed by atoms with Crippen LogP contribution in [-0.2, 0) is 10.0 Å². The zero-order valence-electron chi connectivity index (χ0n) is 19.7. The Balaban J connectivity index is 1.64. The van der Waals surface area contributed by atoms with E-state index < -0.39 is 10.0 Å². The highest BCUT2D eigenvalue weighted by molar-refractivity contribution is 7.92. The van der Waals surface area contributed by atoms with Crippen molar-refractivity contribution in [2.24, 2.45) is 5.92 Å². The van der Waals surface area contributed by atoms with Crippen molar-refractivity contribution in [2.45, 2.75) is 44.6 Å². The van der Waals surface area contributed by atoms with Crippen molar-refractivity contribution in [2.75, 3.05) is 24.9 Å². The van der Waals surface area contributed by atoms with Crippen molar-refractivity contribution >= 4 is 43.2 Å². The third-order valence-electron chi connectivity index (χ3n) is 6.16. The van der Waals surface area contributed by atoms with Crippen LogP contribution in [0.5, 0.6) is 5.75 Å². The Labute approximate surface area is 203 Å². The number of hydrogen-bond donors (Lipinski definition) is 1. The molecule has 1 fully saturated rings. The standard InChI is InChI=1S/C24H29N3O5S2/c1-15(2)27-20-7-5-17(13-22(20)33-24(27)29)25-34(30,31)18-6-8-21(32-4)19(14-18)23(28)26-11-9-16(3)10-12-26/h5-8,13-16,25H,9-12H2,1-4H3. The van der Waals surface area contributed by atoms with E-state index in [9.17, 15) is 18.0 Å². The highest BCUT2D eigenvalue weighted by atomic mass is 32.2. The number of methoxy groups -OCH3 is 1. The van der Waals surface area contributed by atoms with Crippen LogP contribution in [0.3, 0.4) is 0 Å². The number of carbonyl (C=O) groups is 1. The van der Waals surface area contributed by atoms with Crippen molar-refractivity contribution in [1.29, 1.82) is 0 Å². The molecule has 0 aliphatic carbocycles. The fourth-order valence-electron chi connectivity index (χ4n) is 4.21. The van der Waals surface area contributed by atoms with E-state index in [0.29, 0.717) is 35.1 Å². The first-order valence-corrected chi connectivity index (χ1v) is 13.6. The molecule has 2 aromatic carbocycles. The molecule has 182 valence electrons. The van der Waals surface area contributed by atoms with Crippen molar-refractivity contribution in [3.8, 4) is 5.75 Å². The number of fused-ring (bicyclic) bond motifs is 1. The molecule has 1 N–H and O–H groups in total. The van der Waals surface area contributed by atoms with E-state index in [-0.39, 0.29) is 27.3 Å². The summed E-state index contributed by atoms with van der Waals surface area (Å²) in [6, 6.07) is 9.33. The number of likely N-dealkylation sites (tertiary alicyclic amines) is 1. The molecule has 1 saturated heterocycles. The number of benzene rings is 2. The lowest BCUT2D eigenvalue weighted by Gasteiger charge is -2.30. The van der Waals surface area contributed by atoms with Crippen LogP contribution in [0.2, 0.25) is 0 Å². The average Bonchev–Trinajstić information content (AvgIpc) is 3.13. The summed E-state index contributed by atoms with van der Waals surface area (Å²) < 4.78 is 36.6. The minimum atomic E-state index is -3.98. The van der Waals surface area contributed by atoms with Crippen molar-refractivity contribution in [3.05, 3.63) is 51.6 Å². The van der Waals surface area contributed by atoms with E-state index in [1.54, 1.807) is 27.7 Å². The molecule has 4 rings (SSSR count). The van der Waals surface area contributed by atoms with Gasteiger partial charge in [0.1, 0.15) is 5.75 Å². The third kappa shape index (κ3) is 4.69. The molecule has 0 spiro atoms. The van der Waals surface area contributed by atoms with E-state index in [1.165, 1.54) is 25.3 Å². The summed E-state index contributed by atoms with van der Waals surface area (Å²) in [6.07, 6.45) is 1.83. The first-order valence-electron chi connectivity index (χ1n) is 11.3. The van der Waals surface area contributed by atoms with E-state index in [1.807, 2.05) is 13.8 Å². The maximum Gasteiger partial charge on any atom is 0.308 e. The van der Waals surface area contributed by atoms with Crippen LogP contribution in [0.25, 0.3) is 10.2 Å². The third-order valence-corrected chi connectivity index (χ3v) is 8.46. The minimum Gasteiger partial charge on any atom is -0.496 e. The van der Waals surface area contributed by atoms with E-state index in [0.717, 1.165) is 29.7 Å². The van der Waals surface area contributed by atoms with Gasteiger partial charge in [0.25, 0.3) is 15.9 Å². The Morgan fingerprint density at radius 2 is 1.85 bits per heavy atom. The van der Waals surface area contributed by atoms with Crippen molar-refractivity contribution in [3.63, 3.8) is 0 Å². The number of rotatable bonds is 6. The number of sulfonamides is 1. The van der Waals surface area contributed by atoms with Gasteiger partial charge in [-0.15, -0.1) is 0 Å². The van der Waals surface area contributed by atoms with Gasteiger partial charge in [-0.1, -0.05) is 18.3 Å². The molecule has 3 aromatic rings. The Hall–Kier alpha value is -2.85. The Morgan fingerprint density at radius 3 is 2.50 bits per heavy atom. The quantitative estimate of drug-likeness (QED) is 0.540. The number of amides is 1. The maximum absolute atomic E-state index is 13.2. The summed E-state index contributed by atoms with van der Waals surface area (Å²) in [5.41, 5.74) is 1.34. The lowest BCUT2D eigenvalue weighted by atomic mass is 9.98. The second-order valence-electron chi connectivity index (χ2n) is 8.96. The normalized spacial score (nSPS) is 15.1. The van der Waals surface area contributed by atoms with Gasteiger partial charge in [-0.05, 0) is 69.0 Å². The predicted octanol–water partition coefficient (Wildman–Crippen LogP) is 4.33. The van der Waals surface area contributed by atoms with E-state index in [2.05, 4.69) is 11.6 Å². The summed E-state index contributed by atoms with van der Waals surface area (Å²) in [5, 5.41) is 0. The molecule has 1 aliphatic rings. The lowest BCUT2D eigenvalue weighted by Crippen LogP contribution is -2.38. The molecule has 0 atom stereocenters. The number of hydrogen-bond acceptors (Lipinski definition) is 6. The van der Waals surface area contributed by atoms with Crippen LogP contribution in [0.1, 0.15) is 50.0 Å². The van der Waals surface area contributed by atoms with Crippen LogP contribution < -0.4 is 14.3 Å². The molecule has 1 aromatic heterocycles. The van der Waals surface area contributed by atoms with E-state index >= 15 is 0 Å². The Kier molecular flexibility index (Phi) is 6.73. The van der Waals surface area contributed by atoms with Gasteiger partial charge in [0.05, 0.1) is 33.5 Å². The van der Waals surface area contributed by atoms with Gasteiger partial charge in [0.15, 0.2) is 0 Å². The summed E-state index contributed by atoms with van der Waals surface area (Å²) in [7, 11) is -2.52. The molecule has 0 bridgehead atoms. The van der Waals surface area contributed by atoms with Crippen LogP contribution in [0, 0.1) is 5.92 Å². The van der Waals surface area contributed by atoms with Crippen LogP contribution in [0.15, 0.2) is 46.1 Å². The summed E-state index contributed by atoms with van der Waals surface area (Å²) in [6.45, 7) is 7.29. The van der Waals surface area contributed by atoms with Crippen molar-refractivity contribution in [1.82, 2.24) is 9.47 Å². The summed E-state index contributed by atoms with van der Waals surface area (Å²) in [4.78, 5) is 27.1. The minimum absolute atomic E-state index is 0.00200. The molecule has 1 amide bonds. The largest absolute Gasteiger partial charge is 0.496 e. The lowest BCUT2D eigenvalue weighted by molar-refractivity contribution is 0.0693. The maximum atomic E-state index is 13.2. The molecule has 34 heavy (non-hydrogen) atoms. The van der Waals surface area contributed by atoms with Gasteiger partial charge < -0.3 is 9.64 Å². The van der Waals surface area contributed by atoms with Crippen LogP contribution >= 0.6 is 11.3 Å². The number of ether oxygens (including phenoxy) is 1. The zero-order chi connectivity index (χ0) is 24.6. The van der Waals surface area contributed by atoms with E-state index in [4.69, 9.17) is 4.74 Å². The van der Waals surface area contributed by atoms with Gasteiger partial charge >= 0.3 is 4.87 Å². The fraction of sp³-hybridized carbons (Fsp3) is 0.417. The highest BCUT2D eigenvalue weighted by Crippen LogP contribution is 2.29. The monoisotopic (exact) mass is 503 g/mol.